The molecule has 0 aromatic heterocycles. The van der Waals surface area contributed by atoms with Crippen molar-refractivity contribution in [2.24, 2.45) is 0 Å². The van der Waals surface area contributed by atoms with Crippen molar-refractivity contribution in [1.82, 2.24) is 21.3 Å². The molecule has 1 rings (SSSR count). The number of amides is 3. The molecule has 0 saturated carbocycles. The number of nitrogens with one attached hydrogen (secondary N) is 4. The van der Waals surface area contributed by atoms with Crippen LogP contribution in [0.1, 0.15) is 58.4 Å². The first kappa shape index (κ1) is 26.6. The van der Waals surface area contributed by atoms with Gasteiger partial charge in [0.1, 0.15) is 5.72 Å². The fourth-order valence-electron chi connectivity index (χ4n) is 2.92. The van der Waals surface area contributed by atoms with E-state index < -0.39 is 11.6 Å². The highest BCUT2D eigenvalue weighted by Crippen LogP contribution is 2.05. The predicted molar refractivity (Wildman–Crippen MR) is 121 cm³/mol. The molecule has 8 heteroatoms. The minimum Gasteiger partial charge on any atom is -0.376 e. The fourth-order valence-corrected chi connectivity index (χ4v) is 2.92. The van der Waals surface area contributed by atoms with Gasteiger partial charge in [0, 0.05) is 12.5 Å². The monoisotopic (exact) mass is 434 g/mol. The van der Waals surface area contributed by atoms with Crippen LogP contribution in [0.4, 0.5) is 0 Å². The van der Waals surface area contributed by atoms with Crippen LogP contribution >= 0.6 is 0 Å². The number of carbonyl (C=O) groups is 3. The molecule has 0 heterocycles. The van der Waals surface area contributed by atoms with Gasteiger partial charge in [-0.15, -0.1) is 0 Å². The third-order valence-electron chi connectivity index (χ3n) is 4.96. The molecule has 0 aliphatic heterocycles. The van der Waals surface area contributed by atoms with Gasteiger partial charge in [0.05, 0.1) is 13.1 Å². The maximum absolute atomic E-state index is 12.0. The first-order valence-corrected chi connectivity index (χ1v) is 11.1. The van der Waals surface area contributed by atoms with Crippen molar-refractivity contribution >= 4 is 17.7 Å². The van der Waals surface area contributed by atoms with E-state index in [0.29, 0.717) is 32.2 Å². The highest BCUT2D eigenvalue weighted by atomic mass is 16.3. The number of unbranched alkanes of at least 4 members (excludes halogenated alkanes) is 2. The molecule has 174 valence electrons. The van der Waals surface area contributed by atoms with E-state index in [1.807, 2.05) is 44.2 Å². The quantitative estimate of drug-likeness (QED) is 0.210. The number of hydrogen-bond donors (Lipinski definition) is 5. The lowest BCUT2D eigenvalue weighted by molar-refractivity contribution is -0.127. The lowest BCUT2D eigenvalue weighted by atomic mass is 10.1. The Morgan fingerprint density at radius 1 is 0.968 bits per heavy atom. The topological polar surface area (TPSA) is 120 Å². The molecule has 0 fully saturated rings. The minimum absolute atomic E-state index is 0.0465. The highest BCUT2D eigenvalue weighted by Gasteiger charge is 2.15. The average molecular weight is 435 g/mol. The van der Waals surface area contributed by atoms with Crippen molar-refractivity contribution in [2.45, 2.75) is 71.1 Å². The molecule has 1 aromatic rings. The van der Waals surface area contributed by atoms with Gasteiger partial charge in [-0.05, 0) is 51.6 Å². The fraction of sp³-hybridized carbons (Fsp3) is 0.609. The average Bonchev–Trinajstić information content (AvgIpc) is 2.73. The zero-order valence-electron chi connectivity index (χ0n) is 19.0. The molecule has 1 aromatic carbocycles. The maximum atomic E-state index is 12.0. The normalized spacial score (nSPS) is 13.7. The molecule has 0 saturated heterocycles. The minimum atomic E-state index is -0.846. The molecule has 2 atom stereocenters. The summed E-state index contributed by atoms with van der Waals surface area (Å²) in [5, 5.41) is 20.8. The Labute approximate surface area is 185 Å². The molecular formula is C23H38N4O4. The molecular weight excluding hydrogens is 396 g/mol. The summed E-state index contributed by atoms with van der Waals surface area (Å²) in [6, 6.07) is 9.81. The zero-order valence-corrected chi connectivity index (χ0v) is 19.0. The molecule has 0 bridgehead atoms. The third kappa shape index (κ3) is 13.5. The van der Waals surface area contributed by atoms with E-state index >= 15 is 0 Å². The Morgan fingerprint density at radius 3 is 2.29 bits per heavy atom. The lowest BCUT2D eigenvalue weighted by Gasteiger charge is -2.22. The van der Waals surface area contributed by atoms with Crippen LogP contribution in [0.3, 0.4) is 0 Å². The van der Waals surface area contributed by atoms with Gasteiger partial charge >= 0.3 is 0 Å². The van der Waals surface area contributed by atoms with E-state index in [-0.39, 0.29) is 30.9 Å². The molecule has 0 aliphatic carbocycles. The van der Waals surface area contributed by atoms with Crippen LogP contribution < -0.4 is 21.3 Å². The van der Waals surface area contributed by atoms with Gasteiger partial charge in [-0.2, -0.15) is 0 Å². The van der Waals surface area contributed by atoms with E-state index in [0.717, 1.165) is 18.4 Å². The first-order valence-electron chi connectivity index (χ1n) is 11.1. The molecule has 0 radical (unpaired) electrons. The number of hydrogen-bond acceptors (Lipinski definition) is 5. The summed E-state index contributed by atoms with van der Waals surface area (Å²) in [5.74, 6) is -0.853. The first-order chi connectivity index (χ1) is 14.7. The number of carbonyl (C=O) groups excluding carboxylic acids is 3. The van der Waals surface area contributed by atoms with Crippen molar-refractivity contribution in [3.05, 3.63) is 35.9 Å². The van der Waals surface area contributed by atoms with Crippen LogP contribution in [0.2, 0.25) is 0 Å². The zero-order chi connectivity index (χ0) is 23.1. The van der Waals surface area contributed by atoms with Crippen LogP contribution in [0.15, 0.2) is 30.3 Å². The lowest BCUT2D eigenvalue weighted by Crippen LogP contribution is -2.44. The van der Waals surface area contributed by atoms with E-state index in [4.69, 9.17) is 0 Å². The van der Waals surface area contributed by atoms with Gasteiger partial charge in [0.2, 0.25) is 17.7 Å². The summed E-state index contributed by atoms with van der Waals surface area (Å²) >= 11 is 0. The predicted octanol–water partition coefficient (Wildman–Crippen LogP) is 1.23. The van der Waals surface area contributed by atoms with Crippen molar-refractivity contribution in [1.29, 1.82) is 0 Å². The van der Waals surface area contributed by atoms with Crippen LogP contribution in [0.25, 0.3) is 0 Å². The number of aliphatic hydroxyl groups is 1. The number of benzene rings is 1. The standard InChI is InChI=1S/C23H38N4O4/c1-4-23(3,31)26-14-10-6-9-13-20(28)24-16-21(29)25-17-22(30)27-18(2)15-19-11-7-5-8-12-19/h5,7-8,11-12,18,26,31H,4,6,9-10,13-17H2,1-3H3,(H,24,28)(H,25,29)(H,27,30). The van der Waals surface area contributed by atoms with E-state index in [1.165, 1.54) is 0 Å². The van der Waals surface area contributed by atoms with E-state index in [9.17, 15) is 19.5 Å². The molecule has 8 nitrogen and oxygen atoms in total. The highest BCUT2D eigenvalue weighted by molar-refractivity contribution is 5.88. The van der Waals surface area contributed by atoms with Gasteiger partial charge in [-0.3, -0.25) is 19.7 Å². The van der Waals surface area contributed by atoms with Crippen LogP contribution in [0.5, 0.6) is 0 Å². The Morgan fingerprint density at radius 2 is 1.61 bits per heavy atom. The van der Waals surface area contributed by atoms with Gasteiger partial charge in [-0.1, -0.05) is 43.7 Å². The Hall–Kier alpha value is -2.45. The maximum Gasteiger partial charge on any atom is 0.239 e. The van der Waals surface area contributed by atoms with Gasteiger partial charge < -0.3 is 21.1 Å². The Kier molecular flexibility index (Phi) is 12.5. The van der Waals surface area contributed by atoms with Crippen molar-refractivity contribution in [3.8, 4) is 0 Å². The summed E-state index contributed by atoms with van der Waals surface area (Å²) in [5.41, 5.74) is 0.285. The molecule has 5 N–H and O–H groups in total. The summed E-state index contributed by atoms with van der Waals surface area (Å²) in [6.07, 6.45) is 4.12. The smallest absolute Gasteiger partial charge is 0.239 e. The molecule has 0 spiro atoms. The van der Waals surface area contributed by atoms with Crippen LogP contribution in [-0.4, -0.2) is 54.2 Å². The van der Waals surface area contributed by atoms with Gasteiger partial charge in [-0.25, -0.2) is 0 Å². The summed E-state index contributed by atoms with van der Waals surface area (Å²) in [6.45, 7) is 5.98. The Bertz CT molecular complexity index is 679. The van der Waals surface area contributed by atoms with Gasteiger partial charge in [0.25, 0.3) is 0 Å². The van der Waals surface area contributed by atoms with Crippen LogP contribution in [-0.2, 0) is 20.8 Å². The second-order valence-electron chi connectivity index (χ2n) is 8.08. The van der Waals surface area contributed by atoms with Crippen molar-refractivity contribution in [2.75, 3.05) is 19.6 Å². The third-order valence-corrected chi connectivity index (χ3v) is 4.96. The second-order valence-corrected chi connectivity index (χ2v) is 8.08. The molecule has 3 amide bonds. The Balaban J connectivity index is 2.07. The summed E-state index contributed by atoms with van der Waals surface area (Å²) in [7, 11) is 0. The van der Waals surface area contributed by atoms with E-state index in [2.05, 4.69) is 21.3 Å². The number of rotatable bonds is 15. The SMILES string of the molecule is CCC(C)(O)NCCCCCC(=O)NCC(=O)NCC(=O)NC(C)Cc1ccccc1. The molecule has 0 aliphatic rings. The van der Waals surface area contributed by atoms with Crippen LogP contribution in [0, 0.1) is 0 Å². The largest absolute Gasteiger partial charge is 0.376 e. The molecule has 31 heavy (non-hydrogen) atoms. The van der Waals surface area contributed by atoms with Gasteiger partial charge in [0.15, 0.2) is 0 Å². The molecule has 2 unspecified atom stereocenters. The van der Waals surface area contributed by atoms with Crippen molar-refractivity contribution in [3.63, 3.8) is 0 Å². The second kappa shape index (κ2) is 14.5. The summed E-state index contributed by atoms with van der Waals surface area (Å²) in [4.78, 5) is 35.6. The van der Waals surface area contributed by atoms with Crippen molar-refractivity contribution < 1.29 is 19.5 Å². The van der Waals surface area contributed by atoms with E-state index in [1.54, 1.807) is 6.92 Å². The summed E-state index contributed by atoms with van der Waals surface area (Å²) < 4.78 is 0.